The molecule has 0 heterocycles. The minimum atomic E-state index is 0.353. The topological polar surface area (TPSA) is 46.2 Å². The first kappa shape index (κ1) is 14.9. The van der Waals surface area contributed by atoms with E-state index in [4.69, 9.17) is 10.8 Å². The first-order chi connectivity index (χ1) is 7.35. The fraction of sp³-hybridized carbons (Fsp3) is 1.00. The molecule has 0 radical (unpaired) electrons. The summed E-state index contributed by atoms with van der Waals surface area (Å²) in [4.78, 5) is 0. The first-order valence-electron chi connectivity index (χ1n) is 6.66. The van der Waals surface area contributed by atoms with E-state index in [1.54, 1.807) is 0 Å². The lowest BCUT2D eigenvalue weighted by Crippen LogP contribution is -2.13. The number of aliphatic hydroxyl groups is 1. The molecule has 0 spiro atoms. The third-order valence-corrected chi connectivity index (χ3v) is 3.05. The fourth-order valence-electron chi connectivity index (χ4n) is 2.04. The molecule has 0 bridgehead atoms. The number of hydrogen-bond donors (Lipinski definition) is 2. The van der Waals surface area contributed by atoms with E-state index in [-0.39, 0.29) is 0 Å². The number of aliphatic hydroxyl groups excluding tert-OH is 1. The van der Waals surface area contributed by atoms with Crippen LogP contribution in [0.2, 0.25) is 0 Å². The molecule has 0 aromatic carbocycles. The van der Waals surface area contributed by atoms with Crippen LogP contribution in [0.25, 0.3) is 0 Å². The lowest BCUT2D eigenvalue weighted by Gasteiger charge is -2.12. The van der Waals surface area contributed by atoms with Crippen molar-refractivity contribution in [2.45, 2.75) is 64.7 Å². The van der Waals surface area contributed by atoms with Gasteiger partial charge in [0.25, 0.3) is 0 Å². The van der Waals surface area contributed by atoms with Crippen LogP contribution in [0.1, 0.15) is 64.7 Å². The highest BCUT2D eigenvalue weighted by Crippen LogP contribution is 2.15. The average Bonchev–Trinajstić information content (AvgIpc) is 2.26. The molecular formula is C13H29NO. The van der Waals surface area contributed by atoms with Crippen molar-refractivity contribution in [3.8, 4) is 0 Å². The Morgan fingerprint density at radius 2 is 1.53 bits per heavy atom. The van der Waals surface area contributed by atoms with Gasteiger partial charge in [-0.3, -0.25) is 0 Å². The number of rotatable bonds is 11. The van der Waals surface area contributed by atoms with Gasteiger partial charge in [0, 0.05) is 6.61 Å². The predicted molar refractivity (Wildman–Crippen MR) is 66.9 cm³/mol. The van der Waals surface area contributed by atoms with E-state index in [0.29, 0.717) is 6.61 Å². The Hall–Kier alpha value is -0.0800. The first-order valence-corrected chi connectivity index (χ1v) is 6.66. The molecule has 92 valence electrons. The van der Waals surface area contributed by atoms with Crippen LogP contribution in [0.3, 0.4) is 0 Å². The lowest BCUT2D eigenvalue weighted by atomic mass is 9.96. The minimum Gasteiger partial charge on any atom is -0.396 e. The van der Waals surface area contributed by atoms with E-state index in [9.17, 15) is 0 Å². The fourth-order valence-corrected chi connectivity index (χ4v) is 2.04. The Kier molecular flexibility index (Phi) is 11.9. The van der Waals surface area contributed by atoms with Crippen molar-refractivity contribution in [3.63, 3.8) is 0 Å². The van der Waals surface area contributed by atoms with E-state index in [1.807, 2.05) is 0 Å². The van der Waals surface area contributed by atoms with E-state index in [2.05, 4.69) is 6.92 Å². The predicted octanol–water partition coefficient (Wildman–Crippen LogP) is 3.08. The van der Waals surface area contributed by atoms with Gasteiger partial charge in [-0.05, 0) is 31.7 Å². The molecule has 0 aliphatic carbocycles. The molecule has 2 heteroatoms. The largest absolute Gasteiger partial charge is 0.396 e. The second-order valence-electron chi connectivity index (χ2n) is 4.52. The summed E-state index contributed by atoms with van der Waals surface area (Å²) in [6.45, 7) is 3.45. The molecule has 1 atom stereocenters. The Morgan fingerprint density at radius 1 is 0.933 bits per heavy atom. The maximum Gasteiger partial charge on any atom is 0.0431 e. The van der Waals surface area contributed by atoms with Crippen molar-refractivity contribution in [2.75, 3.05) is 13.2 Å². The van der Waals surface area contributed by atoms with Crippen LogP contribution in [-0.2, 0) is 0 Å². The maximum atomic E-state index is 8.62. The summed E-state index contributed by atoms with van der Waals surface area (Å²) in [5.74, 6) is 0.757. The zero-order chi connectivity index (χ0) is 11.4. The minimum absolute atomic E-state index is 0.353. The molecule has 15 heavy (non-hydrogen) atoms. The number of unbranched alkanes of at least 4 members (excludes halogenated alkanes) is 5. The molecule has 0 rings (SSSR count). The molecule has 0 aliphatic rings. The quantitative estimate of drug-likeness (QED) is 0.520. The molecule has 2 nitrogen and oxygen atoms in total. The highest BCUT2D eigenvalue weighted by molar-refractivity contribution is 4.59. The van der Waals surface area contributed by atoms with Gasteiger partial charge in [0.05, 0.1) is 0 Å². The summed E-state index contributed by atoms with van der Waals surface area (Å²) in [6.07, 6.45) is 11.3. The van der Waals surface area contributed by atoms with Gasteiger partial charge in [0.2, 0.25) is 0 Å². The number of nitrogens with two attached hydrogens (primary N) is 1. The molecule has 3 N–H and O–H groups in total. The van der Waals surface area contributed by atoms with Crippen molar-refractivity contribution >= 4 is 0 Å². The van der Waals surface area contributed by atoms with E-state index in [0.717, 1.165) is 18.9 Å². The molecular weight excluding hydrogens is 186 g/mol. The zero-order valence-corrected chi connectivity index (χ0v) is 10.4. The van der Waals surface area contributed by atoms with Crippen molar-refractivity contribution in [2.24, 2.45) is 11.7 Å². The van der Waals surface area contributed by atoms with Crippen LogP contribution >= 0.6 is 0 Å². The van der Waals surface area contributed by atoms with Crippen LogP contribution in [0, 0.1) is 5.92 Å². The van der Waals surface area contributed by atoms with Gasteiger partial charge in [-0.15, -0.1) is 0 Å². The Balaban J connectivity index is 3.14. The van der Waals surface area contributed by atoms with Crippen LogP contribution in [0.4, 0.5) is 0 Å². The van der Waals surface area contributed by atoms with Crippen molar-refractivity contribution in [1.82, 2.24) is 0 Å². The number of hydrogen-bond acceptors (Lipinski definition) is 2. The van der Waals surface area contributed by atoms with E-state index < -0.39 is 0 Å². The standard InChI is InChI=1S/C13H29NO/c1-2-9-13(12-14)10-7-5-3-4-6-8-11-15/h13,15H,2-12,14H2,1H3. The third kappa shape index (κ3) is 10.2. The Labute approximate surface area is 95.3 Å². The summed E-state index contributed by atoms with van der Waals surface area (Å²) in [7, 11) is 0. The lowest BCUT2D eigenvalue weighted by molar-refractivity contribution is 0.282. The molecule has 0 saturated heterocycles. The zero-order valence-electron chi connectivity index (χ0n) is 10.4. The summed E-state index contributed by atoms with van der Waals surface area (Å²) in [5, 5.41) is 8.62. The molecule has 1 unspecified atom stereocenters. The molecule has 0 fully saturated rings. The van der Waals surface area contributed by atoms with E-state index in [1.165, 1.54) is 51.4 Å². The van der Waals surface area contributed by atoms with Gasteiger partial charge < -0.3 is 10.8 Å². The van der Waals surface area contributed by atoms with Crippen molar-refractivity contribution in [3.05, 3.63) is 0 Å². The van der Waals surface area contributed by atoms with E-state index >= 15 is 0 Å². The summed E-state index contributed by atoms with van der Waals surface area (Å²) < 4.78 is 0. The van der Waals surface area contributed by atoms with Gasteiger partial charge >= 0.3 is 0 Å². The summed E-state index contributed by atoms with van der Waals surface area (Å²) in [6, 6.07) is 0. The van der Waals surface area contributed by atoms with Crippen molar-refractivity contribution < 1.29 is 5.11 Å². The second kappa shape index (κ2) is 12.0. The Bertz CT molecular complexity index is 117. The highest BCUT2D eigenvalue weighted by atomic mass is 16.2. The van der Waals surface area contributed by atoms with Gasteiger partial charge in [-0.1, -0.05) is 45.4 Å². The highest BCUT2D eigenvalue weighted by Gasteiger charge is 2.04. The third-order valence-electron chi connectivity index (χ3n) is 3.05. The summed E-state index contributed by atoms with van der Waals surface area (Å²) >= 11 is 0. The van der Waals surface area contributed by atoms with Crippen molar-refractivity contribution in [1.29, 1.82) is 0 Å². The van der Waals surface area contributed by atoms with Crippen LogP contribution in [-0.4, -0.2) is 18.3 Å². The maximum absolute atomic E-state index is 8.62. The van der Waals surface area contributed by atoms with Gasteiger partial charge in [-0.2, -0.15) is 0 Å². The SMILES string of the molecule is CCCC(CN)CCCCCCCCO. The normalized spacial score (nSPS) is 13.0. The molecule has 0 saturated carbocycles. The second-order valence-corrected chi connectivity index (χ2v) is 4.52. The van der Waals surface area contributed by atoms with Crippen LogP contribution in [0.15, 0.2) is 0 Å². The molecule has 0 amide bonds. The molecule has 0 aromatic rings. The Morgan fingerprint density at radius 3 is 2.07 bits per heavy atom. The van der Waals surface area contributed by atoms with Gasteiger partial charge in [0.1, 0.15) is 0 Å². The van der Waals surface area contributed by atoms with Crippen LogP contribution < -0.4 is 5.73 Å². The summed E-state index contributed by atoms with van der Waals surface area (Å²) in [5.41, 5.74) is 5.71. The van der Waals surface area contributed by atoms with Gasteiger partial charge in [-0.25, -0.2) is 0 Å². The van der Waals surface area contributed by atoms with Gasteiger partial charge in [0.15, 0.2) is 0 Å². The molecule has 0 aliphatic heterocycles. The van der Waals surface area contributed by atoms with Crippen LogP contribution in [0.5, 0.6) is 0 Å². The molecule has 0 aromatic heterocycles. The monoisotopic (exact) mass is 215 g/mol. The smallest absolute Gasteiger partial charge is 0.0431 e. The average molecular weight is 215 g/mol.